The molecule has 2 rings (SSSR count). The average Bonchev–Trinajstić information content (AvgIpc) is 2.78. The Kier molecular flexibility index (Phi) is 3.85. The summed E-state index contributed by atoms with van der Waals surface area (Å²) < 4.78 is 5.44. The Morgan fingerprint density at radius 2 is 1.94 bits per heavy atom. The molecule has 0 aliphatic carbocycles. The summed E-state index contributed by atoms with van der Waals surface area (Å²) in [5.41, 5.74) is 1.58. The third-order valence-corrected chi connectivity index (χ3v) is 3.33. The molecule has 0 saturated carbocycles. The molecular weight excluding hydrogens is 210 g/mol. The van der Waals surface area contributed by atoms with Gasteiger partial charge in [-0.2, -0.15) is 0 Å². The van der Waals surface area contributed by atoms with Crippen LogP contribution in [0, 0.1) is 5.41 Å². The lowest BCUT2D eigenvalue weighted by molar-refractivity contribution is 0.178. The SMILES string of the molecule is CC(C)(C)C(NC1CCOC1)c1ccccc1. The molecule has 2 unspecified atom stereocenters. The average molecular weight is 233 g/mol. The van der Waals surface area contributed by atoms with Crippen molar-refractivity contribution in [2.75, 3.05) is 13.2 Å². The molecule has 1 saturated heterocycles. The highest BCUT2D eigenvalue weighted by Crippen LogP contribution is 2.33. The maximum atomic E-state index is 5.44. The molecule has 2 heteroatoms. The first-order valence-electron chi connectivity index (χ1n) is 6.46. The number of nitrogens with one attached hydrogen (secondary N) is 1. The number of rotatable bonds is 3. The minimum absolute atomic E-state index is 0.212. The van der Waals surface area contributed by atoms with Gasteiger partial charge in [0.05, 0.1) is 6.61 Å². The quantitative estimate of drug-likeness (QED) is 0.866. The minimum atomic E-state index is 0.212. The van der Waals surface area contributed by atoms with Crippen LogP contribution >= 0.6 is 0 Å². The number of hydrogen-bond acceptors (Lipinski definition) is 2. The molecule has 1 N–H and O–H groups in total. The highest BCUT2D eigenvalue weighted by atomic mass is 16.5. The fourth-order valence-corrected chi connectivity index (χ4v) is 2.39. The van der Waals surface area contributed by atoms with Gasteiger partial charge in [0.25, 0.3) is 0 Å². The van der Waals surface area contributed by atoms with Crippen LogP contribution in [0.1, 0.15) is 38.8 Å². The summed E-state index contributed by atoms with van der Waals surface area (Å²) in [4.78, 5) is 0. The Labute approximate surface area is 104 Å². The monoisotopic (exact) mass is 233 g/mol. The molecule has 1 heterocycles. The molecule has 2 nitrogen and oxygen atoms in total. The summed E-state index contributed by atoms with van der Waals surface area (Å²) >= 11 is 0. The first-order chi connectivity index (χ1) is 8.07. The van der Waals surface area contributed by atoms with E-state index in [2.05, 4.69) is 56.4 Å². The number of ether oxygens (including phenoxy) is 1. The van der Waals surface area contributed by atoms with Crippen molar-refractivity contribution < 1.29 is 4.74 Å². The van der Waals surface area contributed by atoms with Gasteiger partial charge in [-0.05, 0) is 17.4 Å². The maximum absolute atomic E-state index is 5.44. The van der Waals surface area contributed by atoms with Crippen LogP contribution in [0.2, 0.25) is 0 Å². The molecule has 1 aromatic rings. The summed E-state index contributed by atoms with van der Waals surface area (Å²) in [7, 11) is 0. The highest BCUT2D eigenvalue weighted by molar-refractivity contribution is 5.21. The molecule has 1 aliphatic heterocycles. The van der Waals surface area contributed by atoms with Crippen molar-refractivity contribution in [1.29, 1.82) is 0 Å². The van der Waals surface area contributed by atoms with Gasteiger partial charge in [-0.1, -0.05) is 51.1 Å². The second-order valence-electron chi connectivity index (χ2n) is 5.94. The van der Waals surface area contributed by atoms with E-state index in [9.17, 15) is 0 Å². The lowest BCUT2D eigenvalue weighted by Crippen LogP contribution is -2.39. The molecule has 0 amide bonds. The molecule has 17 heavy (non-hydrogen) atoms. The smallest absolute Gasteiger partial charge is 0.0620 e. The molecule has 2 atom stereocenters. The number of benzene rings is 1. The molecule has 0 spiro atoms. The summed E-state index contributed by atoms with van der Waals surface area (Å²) in [6, 6.07) is 11.6. The third-order valence-electron chi connectivity index (χ3n) is 3.33. The van der Waals surface area contributed by atoms with Crippen LogP contribution in [0.15, 0.2) is 30.3 Å². The molecule has 0 radical (unpaired) electrons. The minimum Gasteiger partial charge on any atom is -0.380 e. The van der Waals surface area contributed by atoms with Gasteiger partial charge in [-0.25, -0.2) is 0 Å². The van der Waals surface area contributed by atoms with E-state index in [0.29, 0.717) is 12.1 Å². The second-order valence-corrected chi connectivity index (χ2v) is 5.94. The normalized spacial score (nSPS) is 22.6. The summed E-state index contributed by atoms with van der Waals surface area (Å²) in [5, 5.41) is 3.75. The Bertz CT molecular complexity index is 336. The lowest BCUT2D eigenvalue weighted by Gasteiger charge is -2.34. The molecular formula is C15H23NO. The van der Waals surface area contributed by atoms with Gasteiger partial charge in [-0.3, -0.25) is 0 Å². The van der Waals surface area contributed by atoms with Gasteiger partial charge in [-0.15, -0.1) is 0 Å². The maximum Gasteiger partial charge on any atom is 0.0620 e. The highest BCUT2D eigenvalue weighted by Gasteiger charge is 2.29. The zero-order valence-electron chi connectivity index (χ0n) is 11.1. The first-order valence-corrected chi connectivity index (χ1v) is 6.46. The fourth-order valence-electron chi connectivity index (χ4n) is 2.39. The van der Waals surface area contributed by atoms with Gasteiger partial charge in [0, 0.05) is 18.7 Å². The molecule has 94 valence electrons. The standard InChI is InChI=1S/C15H23NO/c1-15(2,3)14(12-7-5-4-6-8-12)16-13-9-10-17-11-13/h4-8,13-14,16H,9-11H2,1-3H3. The lowest BCUT2D eigenvalue weighted by atomic mass is 9.82. The molecule has 0 bridgehead atoms. The van der Waals surface area contributed by atoms with Gasteiger partial charge >= 0.3 is 0 Å². The van der Waals surface area contributed by atoms with E-state index in [4.69, 9.17) is 4.74 Å². The Balaban J connectivity index is 2.14. The first kappa shape index (κ1) is 12.6. The predicted octanol–water partition coefficient (Wildman–Crippen LogP) is 3.15. The van der Waals surface area contributed by atoms with Crippen molar-refractivity contribution in [3.05, 3.63) is 35.9 Å². The molecule has 1 fully saturated rings. The van der Waals surface area contributed by atoms with Crippen LogP contribution in [0.3, 0.4) is 0 Å². The van der Waals surface area contributed by atoms with Crippen LogP contribution in [-0.2, 0) is 4.74 Å². The van der Waals surface area contributed by atoms with Gasteiger partial charge in [0.2, 0.25) is 0 Å². The zero-order valence-corrected chi connectivity index (χ0v) is 11.1. The van der Waals surface area contributed by atoms with E-state index in [1.807, 2.05) is 0 Å². The van der Waals surface area contributed by atoms with E-state index in [-0.39, 0.29) is 5.41 Å². The van der Waals surface area contributed by atoms with Crippen molar-refractivity contribution in [2.24, 2.45) is 5.41 Å². The van der Waals surface area contributed by atoms with Crippen molar-refractivity contribution in [2.45, 2.75) is 39.3 Å². The Morgan fingerprint density at radius 1 is 1.24 bits per heavy atom. The Hall–Kier alpha value is -0.860. The molecule has 1 aliphatic rings. The van der Waals surface area contributed by atoms with Crippen LogP contribution in [-0.4, -0.2) is 19.3 Å². The van der Waals surface area contributed by atoms with Crippen LogP contribution in [0.4, 0.5) is 0 Å². The van der Waals surface area contributed by atoms with E-state index >= 15 is 0 Å². The third kappa shape index (κ3) is 3.30. The molecule has 0 aromatic heterocycles. The van der Waals surface area contributed by atoms with Crippen molar-refractivity contribution in [3.63, 3.8) is 0 Å². The number of hydrogen-bond donors (Lipinski definition) is 1. The fraction of sp³-hybridized carbons (Fsp3) is 0.600. The van der Waals surface area contributed by atoms with Crippen LogP contribution in [0.5, 0.6) is 0 Å². The zero-order chi connectivity index (χ0) is 12.3. The van der Waals surface area contributed by atoms with E-state index in [0.717, 1.165) is 19.6 Å². The van der Waals surface area contributed by atoms with Crippen molar-refractivity contribution >= 4 is 0 Å². The largest absolute Gasteiger partial charge is 0.380 e. The van der Waals surface area contributed by atoms with Gasteiger partial charge < -0.3 is 10.1 Å². The van der Waals surface area contributed by atoms with Crippen LogP contribution < -0.4 is 5.32 Å². The van der Waals surface area contributed by atoms with E-state index in [1.54, 1.807) is 0 Å². The van der Waals surface area contributed by atoms with Gasteiger partial charge in [0.1, 0.15) is 0 Å². The predicted molar refractivity (Wildman–Crippen MR) is 71.0 cm³/mol. The van der Waals surface area contributed by atoms with E-state index in [1.165, 1.54) is 5.56 Å². The van der Waals surface area contributed by atoms with Gasteiger partial charge in [0.15, 0.2) is 0 Å². The van der Waals surface area contributed by atoms with Crippen molar-refractivity contribution in [1.82, 2.24) is 5.32 Å². The van der Waals surface area contributed by atoms with E-state index < -0.39 is 0 Å². The summed E-state index contributed by atoms with van der Waals surface area (Å²) in [6.45, 7) is 8.59. The summed E-state index contributed by atoms with van der Waals surface area (Å²) in [6.07, 6.45) is 1.12. The Morgan fingerprint density at radius 3 is 2.47 bits per heavy atom. The second kappa shape index (κ2) is 5.19. The topological polar surface area (TPSA) is 21.3 Å². The molecule has 1 aromatic carbocycles. The van der Waals surface area contributed by atoms with Crippen molar-refractivity contribution in [3.8, 4) is 0 Å². The van der Waals surface area contributed by atoms with Crippen LogP contribution in [0.25, 0.3) is 0 Å². The summed E-state index contributed by atoms with van der Waals surface area (Å²) in [5.74, 6) is 0.